The largest absolute Gasteiger partial charge is 0.507 e. The number of carbonyl (C=O) groups excluding carboxylic acids is 1. The van der Waals surface area contributed by atoms with Gasteiger partial charge < -0.3 is 14.8 Å². The number of nitrogens with one attached hydrogen (secondary N) is 1. The molecule has 2 N–H and O–H groups in total. The molecule has 0 bridgehead atoms. The van der Waals surface area contributed by atoms with Gasteiger partial charge >= 0.3 is 5.63 Å². The van der Waals surface area contributed by atoms with E-state index in [2.05, 4.69) is 5.32 Å². The van der Waals surface area contributed by atoms with E-state index in [1.165, 1.54) is 18.2 Å². The quantitative estimate of drug-likeness (QED) is 0.422. The molecule has 1 atom stereocenters. The van der Waals surface area contributed by atoms with Gasteiger partial charge in [-0.05, 0) is 36.8 Å². The number of benzene rings is 2. The van der Waals surface area contributed by atoms with Gasteiger partial charge in [0.05, 0.1) is 11.6 Å². The van der Waals surface area contributed by atoms with Crippen molar-refractivity contribution in [2.45, 2.75) is 13.0 Å². The van der Waals surface area contributed by atoms with Crippen LogP contribution in [0.25, 0.3) is 17.0 Å². The molecule has 1 heterocycles. The normalized spacial score (nSPS) is 12.4. The Labute approximate surface area is 155 Å². The second-order valence-electron chi connectivity index (χ2n) is 5.95. The lowest BCUT2D eigenvalue weighted by molar-refractivity contribution is -0.117. The highest BCUT2D eigenvalue weighted by atomic mass is 16.4. The standard InChI is InChI=1S/C21H16N2O4/c1-13(14-5-3-2-4-6-14)23-21(26)16(12-22)11-17-18(24)9-7-15-8-10-19(25)27-20(15)17/h2-11,13,24H,1H3,(H,23,26)/b16-11+. The second kappa shape index (κ2) is 7.58. The summed E-state index contributed by atoms with van der Waals surface area (Å²) < 4.78 is 5.15. The van der Waals surface area contributed by atoms with Gasteiger partial charge in [-0.25, -0.2) is 4.79 Å². The van der Waals surface area contributed by atoms with Crippen LogP contribution in [-0.4, -0.2) is 11.0 Å². The molecule has 0 aliphatic rings. The molecule has 6 heteroatoms. The molecule has 0 spiro atoms. The van der Waals surface area contributed by atoms with Crippen molar-refractivity contribution >= 4 is 23.0 Å². The predicted octanol–water partition coefficient (Wildman–Crippen LogP) is 3.28. The van der Waals surface area contributed by atoms with Crippen molar-refractivity contribution in [3.8, 4) is 11.8 Å². The van der Waals surface area contributed by atoms with E-state index >= 15 is 0 Å². The van der Waals surface area contributed by atoms with Crippen molar-refractivity contribution in [3.63, 3.8) is 0 Å². The first-order valence-electron chi connectivity index (χ1n) is 8.23. The fourth-order valence-electron chi connectivity index (χ4n) is 2.68. The van der Waals surface area contributed by atoms with Crippen LogP contribution in [0.1, 0.15) is 24.1 Å². The summed E-state index contributed by atoms with van der Waals surface area (Å²) >= 11 is 0. The van der Waals surface area contributed by atoms with Gasteiger partial charge in [0.25, 0.3) is 5.91 Å². The van der Waals surface area contributed by atoms with Gasteiger partial charge in [-0.1, -0.05) is 30.3 Å². The van der Waals surface area contributed by atoms with Crippen LogP contribution in [0.4, 0.5) is 0 Å². The fourth-order valence-corrected chi connectivity index (χ4v) is 2.68. The average molecular weight is 360 g/mol. The van der Waals surface area contributed by atoms with Crippen LogP contribution in [0.15, 0.2) is 69.4 Å². The number of carbonyl (C=O) groups is 1. The van der Waals surface area contributed by atoms with Crippen molar-refractivity contribution in [1.29, 1.82) is 5.26 Å². The van der Waals surface area contributed by atoms with Gasteiger partial charge in [-0.3, -0.25) is 4.79 Å². The number of nitriles is 1. The summed E-state index contributed by atoms with van der Waals surface area (Å²) in [6.07, 6.45) is 1.22. The maximum Gasteiger partial charge on any atom is 0.336 e. The fraction of sp³-hybridized carbons (Fsp3) is 0.0952. The molecule has 1 amide bonds. The Kier molecular flexibility index (Phi) is 5.04. The van der Waals surface area contributed by atoms with Gasteiger partial charge in [0.15, 0.2) is 0 Å². The number of nitrogens with zero attached hydrogens (tertiary/aromatic N) is 1. The van der Waals surface area contributed by atoms with Gasteiger partial charge in [0, 0.05) is 11.5 Å². The summed E-state index contributed by atoms with van der Waals surface area (Å²) in [6.45, 7) is 1.80. The number of phenolic OH excluding ortho intramolecular Hbond substituents is 1. The molecule has 0 radical (unpaired) electrons. The first-order valence-corrected chi connectivity index (χ1v) is 8.23. The molecular weight excluding hydrogens is 344 g/mol. The molecule has 2 aromatic carbocycles. The van der Waals surface area contributed by atoms with E-state index in [0.717, 1.165) is 5.56 Å². The Balaban J connectivity index is 1.97. The molecule has 6 nitrogen and oxygen atoms in total. The van der Waals surface area contributed by atoms with Crippen LogP contribution in [0.2, 0.25) is 0 Å². The molecule has 0 saturated carbocycles. The summed E-state index contributed by atoms with van der Waals surface area (Å²) in [5.41, 5.74) is 0.293. The lowest BCUT2D eigenvalue weighted by Crippen LogP contribution is -2.27. The van der Waals surface area contributed by atoms with Crippen LogP contribution in [0, 0.1) is 11.3 Å². The molecule has 3 aromatic rings. The topological polar surface area (TPSA) is 103 Å². The Hall–Kier alpha value is -3.85. The van der Waals surface area contributed by atoms with Crippen LogP contribution < -0.4 is 10.9 Å². The van der Waals surface area contributed by atoms with E-state index in [1.807, 2.05) is 36.4 Å². The van der Waals surface area contributed by atoms with E-state index in [4.69, 9.17) is 4.42 Å². The van der Waals surface area contributed by atoms with Crippen molar-refractivity contribution < 1.29 is 14.3 Å². The highest BCUT2D eigenvalue weighted by molar-refractivity contribution is 6.04. The Morgan fingerprint density at radius 2 is 1.89 bits per heavy atom. The summed E-state index contributed by atoms with van der Waals surface area (Å²) in [4.78, 5) is 24.0. The number of hydrogen-bond acceptors (Lipinski definition) is 5. The summed E-state index contributed by atoms with van der Waals surface area (Å²) in [5, 5.41) is 22.8. The third kappa shape index (κ3) is 3.88. The molecule has 1 aromatic heterocycles. The highest BCUT2D eigenvalue weighted by Gasteiger charge is 2.16. The van der Waals surface area contributed by atoms with Crippen LogP contribution in [0.3, 0.4) is 0 Å². The number of amides is 1. The lowest BCUT2D eigenvalue weighted by Gasteiger charge is -2.14. The van der Waals surface area contributed by atoms with E-state index in [9.17, 15) is 20.0 Å². The number of phenols is 1. The minimum Gasteiger partial charge on any atom is -0.507 e. The number of rotatable bonds is 4. The molecule has 3 rings (SSSR count). The van der Waals surface area contributed by atoms with Crippen molar-refractivity contribution in [2.24, 2.45) is 0 Å². The first kappa shape index (κ1) is 18.0. The molecule has 0 saturated heterocycles. The Morgan fingerprint density at radius 1 is 1.19 bits per heavy atom. The van der Waals surface area contributed by atoms with E-state index in [1.54, 1.807) is 19.1 Å². The van der Waals surface area contributed by atoms with Gasteiger partial charge in [0.2, 0.25) is 0 Å². The third-order valence-electron chi connectivity index (χ3n) is 4.11. The maximum absolute atomic E-state index is 12.5. The monoisotopic (exact) mass is 360 g/mol. The number of aromatic hydroxyl groups is 1. The second-order valence-corrected chi connectivity index (χ2v) is 5.95. The Bertz CT molecular complexity index is 1120. The van der Waals surface area contributed by atoms with E-state index in [0.29, 0.717) is 5.39 Å². The summed E-state index contributed by atoms with van der Waals surface area (Å²) in [6, 6.07) is 16.6. The molecular formula is C21H16N2O4. The zero-order valence-corrected chi connectivity index (χ0v) is 14.5. The highest BCUT2D eigenvalue weighted by Crippen LogP contribution is 2.28. The van der Waals surface area contributed by atoms with Gasteiger partial charge in [-0.15, -0.1) is 0 Å². The van der Waals surface area contributed by atoms with Crippen molar-refractivity contribution in [3.05, 3.63) is 81.7 Å². The Morgan fingerprint density at radius 3 is 2.59 bits per heavy atom. The van der Waals surface area contributed by atoms with Crippen LogP contribution in [0.5, 0.6) is 5.75 Å². The van der Waals surface area contributed by atoms with E-state index < -0.39 is 11.5 Å². The lowest BCUT2D eigenvalue weighted by atomic mass is 10.1. The smallest absolute Gasteiger partial charge is 0.336 e. The predicted molar refractivity (Wildman–Crippen MR) is 101 cm³/mol. The number of fused-ring (bicyclic) bond motifs is 1. The van der Waals surface area contributed by atoms with Crippen molar-refractivity contribution in [2.75, 3.05) is 0 Å². The molecule has 1 unspecified atom stereocenters. The SMILES string of the molecule is CC(NC(=O)/C(C#N)=C/c1c(O)ccc2ccc(=O)oc12)c1ccccc1. The van der Waals surface area contributed by atoms with Crippen LogP contribution >= 0.6 is 0 Å². The van der Waals surface area contributed by atoms with Crippen LogP contribution in [-0.2, 0) is 4.79 Å². The van der Waals surface area contributed by atoms with E-state index in [-0.39, 0.29) is 28.5 Å². The molecule has 27 heavy (non-hydrogen) atoms. The number of hydrogen-bond donors (Lipinski definition) is 2. The summed E-state index contributed by atoms with van der Waals surface area (Å²) in [7, 11) is 0. The minimum absolute atomic E-state index is 0.101. The van der Waals surface area contributed by atoms with Gasteiger partial charge in [0.1, 0.15) is 23.0 Å². The third-order valence-corrected chi connectivity index (χ3v) is 4.11. The molecule has 0 fully saturated rings. The summed E-state index contributed by atoms with van der Waals surface area (Å²) in [5.74, 6) is -0.794. The molecule has 134 valence electrons. The zero-order valence-electron chi connectivity index (χ0n) is 14.5. The maximum atomic E-state index is 12.5. The first-order chi connectivity index (χ1) is 13.0. The molecule has 0 aliphatic heterocycles. The zero-order chi connectivity index (χ0) is 19.4. The minimum atomic E-state index is -0.594. The average Bonchev–Trinajstić information content (AvgIpc) is 2.68. The molecule has 0 aliphatic carbocycles. The van der Waals surface area contributed by atoms with Gasteiger partial charge in [-0.2, -0.15) is 5.26 Å². The van der Waals surface area contributed by atoms with Crippen molar-refractivity contribution in [1.82, 2.24) is 5.32 Å².